The van der Waals surface area contributed by atoms with Crippen LogP contribution in [0.5, 0.6) is 0 Å². The van der Waals surface area contributed by atoms with E-state index in [0.717, 1.165) is 18.4 Å². The van der Waals surface area contributed by atoms with Gasteiger partial charge in [-0.2, -0.15) is 11.8 Å². The third kappa shape index (κ3) is 4.15. The Kier molecular flexibility index (Phi) is 6.32. The Balaban J connectivity index is 2.62. The standard InChI is InChI=1S/C14H30N2S/c1-12(2)7-8-14(11-15,13-5-6-13)16(3)9-10-17-4/h12-13H,5-11,15H2,1-4H3. The summed E-state index contributed by atoms with van der Waals surface area (Å²) in [5.41, 5.74) is 6.45. The van der Waals surface area contributed by atoms with Crippen LogP contribution in [-0.4, -0.2) is 42.6 Å². The highest BCUT2D eigenvalue weighted by Crippen LogP contribution is 2.45. The molecule has 1 saturated carbocycles. The fourth-order valence-electron chi connectivity index (χ4n) is 2.74. The second-order valence-electron chi connectivity index (χ2n) is 5.93. The lowest BCUT2D eigenvalue weighted by molar-refractivity contribution is 0.0920. The lowest BCUT2D eigenvalue weighted by atomic mass is 9.84. The lowest BCUT2D eigenvalue weighted by Gasteiger charge is -2.42. The molecule has 0 aromatic carbocycles. The van der Waals surface area contributed by atoms with E-state index < -0.39 is 0 Å². The van der Waals surface area contributed by atoms with Gasteiger partial charge in [-0.25, -0.2) is 0 Å². The summed E-state index contributed by atoms with van der Waals surface area (Å²) in [7, 11) is 2.28. The zero-order valence-corrected chi connectivity index (χ0v) is 12.9. The highest BCUT2D eigenvalue weighted by molar-refractivity contribution is 7.98. The van der Waals surface area contributed by atoms with Gasteiger partial charge in [0.15, 0.2) is 0 Å². The molecule has 2 N–H and O–H groups in total. The molecule has 3 heteroatoms. The van der Waals surface area contributed by atoms with Gasteiger partial charge >= 0.3 is 0 Å². The first-order valence-electron chi connectivity index (χ1n) is 6.97. The molecule has 0 amide bonds. The van der Waals surface area contributed by atoms with E-state index in [4.69, 9.17) is 5.73 Å². The van der Waals surface area contributed by atoms with Crippen LogP contribution in [0.25, 0.3) is 0 Å². The zero-order valence-electron chi connectivity index (χ0n) is 12.0. The molecule has 1 fully saturated rings. The minimum absolute atomic E-state index is 0.292. The topological polar surface area (TPSA) is 29.3 Å². The van der Waals surface area contributed by atoms with E-state index in [1.807, 2.05) is 11.8 Å². The summed E-state index contributed by atoms with van der Waals surface area (Å²) in [5, 5.41) is 0. The Morgan fingerprint density at radius 3 is 2.47 bits per heavy atom. The van der Waals surface area contributed by atoms with Crippen LogP contribution in [0.2, 0.25) is 0 Å². The molecule has 0 aromatic heterocycles. The molecule has 0 saturated heterocycles. The molecule has 0 bridgehead atoms. The summed E-state index contributed by atoms with van der Waals surface area (Å²) in [6, 6.07) is 0. The summed E-state index contributed by atoms with van der Waals surface area (Å²) in [5.74, 6) is 2.86. The fraction of sp³-hybridized carbons (Fsp3) is 1.00. The maximum atomic E-state index is 6.16. The van der Waals surface area contributed by atoms with Crippen molar-refractivity contribution in [2.45, 2.75) is 45.1 Å². The predicted octanol–water partition coefficient (Wildman–Crippen LogP) is 2.82. The molecular weight excluding hydrogens is 228 g/mol. The maximum Gasteiger partial charge on any atom is 0.0357 e. The van der Waals surface area contributed by atoms with E-state index >= 15 is 0 Å². The van der Waals surface area contributed by atoms with Crippen LogP contribution in [0.15, 0.2) is 0 Å². The maximum absolute atomic E-state index is 6.16. The van der Waals surface area contributed by atoms with E-state index in [9.17, 15) is 0 Å². The Morgan fingerprint density at radius 2 is 2.06 bits per heavy atom. The average molecular weight is 258 g/mol. The molecule has 1 rings (SSSR count). The van der Waals surface area contributed by atoms with Gasteiger partial charge in [0, 0.05) is 24.4 Å². The largest absolute Gasteiger partial charge is 0.329 e. The monoisotopic (exact) mass is 258 g/mol. The minimum atomic E-state index is 0.292. The Morgan fingerprint density at radius 1 is 1.41 bits per heavy atom. The molecule has 0 aromatic rings. The van der Waals surface area contributed by atoms with Crippen LogP contribution in [0.1, 0.15) is 39.5 Å². The van der Waals surface area contributed by atoms with Gasteiger partial charge in [-0.3, -0.25) is 4.90 Å². The normalized spacial score (nSPS) is 19.9. The predicted molar refractivity (Wildman–Crippen MR) is 79.6 cm³/mol. The van der Waals surface area contributed by atoms with Crippen LogP contribution < -0.4 is 5.73 Å². The number of hydrogen-bond donors (Lipinski definition) is 1. The third-order valence-corrected chi connectivity index (χ3v) is 4.83. The summed E-state index contributed by atoms with van der Waals surface area (Å²) in [6.07, 6.45) is 7.54. The first kappa shape index (κ1) is 15.3. The van der Waals surface area contributed by atoms with Crippen LogP contribution >= 0.6 is 11.8 Å². The number of hydrogen-bond acceptors (Lipinski definition) is 3. The summed E-state index contributed by atoms with van der Waals surface area (Å²) in [4.78, 5) is 2.56. The van der Waals surface area contributed by atoms with E-state index in [1.54, 1.807) is 0 Å². The molecule has 2 nitrogen and oxygen atoms in total. The molecule has 1 unspecified atom stereocenters. The first-order chi connectivity index (χ1) is 8.06. The fourth-order valence-corrected chi connectivity index (χ4v) is 3.20. The molecule has 102 valence electrons. The molecule has 1 aliphatic carbocycles. The Hall–Kier alpha value is 0.270. The van der Waals surface area contributed by atoms with Gasteiger partial charge in [-0.15, -0.1) is 0 Å². The molecule has 0 spiro atoms. The lowest BCUT2D eigenvalue weighted by Crippen LogP contribution is -2.54. The number of rotatable bonds is 9. The van der Waals surface area contributed by atoms with Crippen molar-refractivity contribution in [1.82, 2.24) is 4.90 Å². The third-order valence-electron chi connectivity index (χ3n) is 4.24. The molecule has 1 aliphatic rings. The molecule has 17 heavy (non-hydrogen) atoms. The molecule has 0 heterocycles. The highest BCUT2D eigenvalue weighted by Gasteiger charge is 2.46. The van der Waals surface area contributed by atoms with E-state index in [-0.39, 0.29) is 0 Å². The highest BCUT2D eigenvalue weighted by atomic mass is 32.2. The van der Waals surface area contributed by atoms with E-state index in [1.165, 1.54) is 38.0 Å². The molecule has 1 atom stereocenters. The van der Waals surface area contributed by atoms with E-state index in [2.05, 4.69) is 32.1 Å². The van der Waals surface area contributed by atoms with Crippen LogP contribution in [0, 0.1) is 11.8 Å². The summed E-state index contributed by atoms with van der Waals surface area (Å²) < 4.78 is 0. The van der Waals surface area contributed by atoms with Crippen molar-refractivity contribution in [3.8, 4) is 0 Å². The van der Waals surface area contributed by atoms with Gasteiger partial charge in [0.25, 0.3) is 0 Å². The molecule has 0 radical (unpaired) electrons. The van der Waals surface area contributed by atoms with Gasteiger partial charge in [0.05, 0.1) is 0 Å². The van der Waals surface area contributed by atoms with Crippen molar-refractivity contribution in [1.29, 1.82) is 0 Å². The second kappa shape index (κ2) is 7.01. The smallest absolute Gasteiger partial charge is 0.0357 e. The number of nitrogens with zero attached hydrogens (tertiary/aromatic N) is 1. The zero-order chi connectivity index (χ0) is 12.9. The van der Waals surface area contributed by atoms with Crippen LogP contribution in [0.4, 0.5) is 0 Å². The molecular formula is C14H30N2S. The van der Waals surface area contributed by atoms with Gasteiger partial charge < -0.3 is 5.73 Å². The number of thioether (sulfide) groups is 1. The average Bonchev–Trinajstić information content (AvgIpc) is 3.12. The Labute approximate surface area is 112 Å². The van der Waals surface area contributed by atoms with Crippen LogP contribution in [-0.2, 0) is 0 Å². The van der Waals surface area contributed by atoms with Crippen molar-refractivity contribution in [2.24, 2.45) is 17.6 Å². The SMILES string of the molecule is CSCCN(C)C(CN)(CCC(C)C)C1CC1. The van der Waals surface area contributed by atoms with Crippen LogP contribution in [0.3, 0.4) is 0 Å². The Bertz CT molecular complexity index is 216. The van der Waals surface area contributed by atoms with Crippen molar-refractivity contribution >= 4 is 11.8 Å². The minimum Gasteiger partial charge on any atom is -0.329 e. The van der Waals surface area contributed by atoms with Crippen molar-refractivity contribution in [3.63, 3.8) is 0 Å². The molecule has 0 aliphatic heterocycles. The van der Waals surface area contributed by atoms with Gasteiger partial charge in [0.2, 0.25) is 0 Å². The van der Waals surface area contributed by atoms with Crippen molar-refractivity contribution < 1.29 is 0 Å². The quantitative estimate of drug-likeness (QED) is 0.689. The summed E-state index contributed by atoms with van der Waals surface area (Å²) >= 11 is 1.93. The van der Waals surface area contributed by atoms with Crippen molar-refractivity contribution in [3.05, 3.63) is 0 Å². The number of nitrogens with two attached hydrogens (primary N) is 1. The van der Waals surface area contributed by atoms with Gasteiger partial charge in [-0.1, -0.05) is 13.8 Å². The van der Waals surface area contributed by atoms with E-state index in [0.29, 0.717) is 5.54 Å². The number of likely N-dealkylation sites (N-methyl/N-ethyl adjacent to an activating group) is 1. The van der Waals surface area contributed by atoms with Gasteiger partial charge in [-0.05, 0) is 50.8 Å². The first-order valence-corrected chi connectivity index (χ1v) is 8.36. The van der Waals surface area contributed by atoms with Crippen molar-refractivity contribution in [2.75, 3.05) is 32.1 Å². The van der Waals surface area contributed by atoms with Gasteiger partial charge in [0.1, 0.15) is 0 Å². The summed E-state index contributed by atoms with van der Waals surface area (Å²) in [6.45, 7) is 6.63. The second-order valence-corrected chi connectivity index (χ2v) is 6.91.